The van der Waals surface area contributed by atoms with Crippen LogP contribution >= 0.6 is 0 Å². The predicted molar refractivity (Wildman–Crippen MR) is 112 cm³/mol. The quantitative estimate of drug-likeness (QED) is 0.557. The van der Waals surface area contributed by atoms with E-state index in [1.807, 2.05) is 30.3 Å². The summed E-state index contributed by atoms with van der Waals surface area (Å²) in [5.41, 5.74) is 1.12. The summed E-state index contributed by atoms with van der Waals surface area (Å²) in [6.45, 7) is 2.82. The molecule has 9 heteroatoms. The van der Waals surface area contributed by atoms with Gasteiger partial charge in [-0.25, -0.2) is 13.4 Å². The number of nitrogens with zero attached hydrogens (tertiary/aromatic N) is 4. The number of aromatic nitrogens is 1. The van der Waals surface area contributed by atoms with E-state index in [1.54, 1.807) is 6.07 Å². The molecule has 0 bridgehead atoms. The second-order valence-electron chi connectivity index (χ2n) is 7.57. The molecular weight excluding hydrogens is 392 g/mol. The fourth-order valence-electron chi connectivity index (χ4n) is 4.13. The summed E-state index contributed by atoms with van der Waals surface area (Å²) in [6.07, 6.45) is 1.86. The van der Waals surface area contributed by atoms with Crippen LogP contribution in [0.15, 0.2) is 42.5 Å². The molecule has 0 amide bonds. The van der Waals surface area contributed by atoms with Gasteiger partial charge in [0.1, 0.15) is 5.82 Å². The molecule has 2 aromatic rings. The Hall–Kier alpha value is -2.52. The van der Waals surface area contributed by atoms with E-state index < -0.39 is 14.8 Å². The monoisotopic (exact) mass is 416 g/mol. The molecule has 0 unspecified atom stereocenters. The smallest absolute Gasteiger partial charge is 0.295 e. The molecule has 0 N–H and O–H groups in total. The standard InChI is InChI=1S/C20H24N4O4S/c25-24(26)18-6-7-19(21-20(18)16-4-2-1-3-5-16)23-10-8-17(9-11-23)22-12-14-29(27,28)15-13-22/h1-7,17H,8-15H2. The van der Waals surface area contributed by atoms with E-state index in [4.69, 9.17) is 0 Å². The molecule has 0 atom stereocenters. The Morgan fingerprint density at radius 3 is 2.24 bits per heavy atom. The van der Waals surface area contributed by atoms with Gasteiger partial charge >= 0.3 is 0 Å². The van der Waals surface area contributed by atoms with Crippen molar-refractivity contribution in [2.45, 2.75) is 18.9 Å². The minimum atomic E-state index is -2.87. The van der Waals surface area contributed by atoms with E-state index in [-0.39, 0.29) is 17.2 Å². The Kier molecular flexibility index (Phi) is 5.51. The second kappa shape index (κ2) is 8.08. The van der Waals surface area contributed by atoms with E-state index in [1.165, 1.54) is 6.07 Å². The molecular formula is C20H24N4O4S. The number of nitro groups is 1. The number of hydrogen-bond donors (Lipinski definition) is 0. The largest absolute Gasteiger partial charge is 0.356 e. The maximum atomic E-state index is 11.6. The van der Waals surface area contributed by atoms with Gasteiger partial charge in [-0.3, -0.25) is 15.0 Å². The molecule has 0 saturated carbocycles. The summed E-state index contributed by atoms with van der Waals surface area (Å²) < 4.78 is 23.3. The molecule has 3 heterocycles. The first-order valence-electron chi connectivity index (χ1n) is 9.83. The lowest BCUT2D eigenvalue weighted by atomic mass is 10.0. The maximum Gasteiger partial charge on any atom is 0.295 e. The van der Waals surface area contributed by atoms with Crippen molar-refractivity contribution < 1.29 is 13.3 Å². The van der Waals surface area contributed by atoms with Gasteiger partial charge < -0.3 is 4.90 Å². The Bertz CT molecular complexity index is 975. The third-order valence-electron chi connectivity index (χ3n) is 5.79. The van der Waals surface area contributed by atoms with E-state index in [0.717, 1.165) is 37.3 Å². The van der Waals surface area contributed by atoms with Crippen molar-refractivity contribution in [3.8, 4) is 11.3 Å². The summed E-state index contributed by atoms with van der Waals surface area (Å²) in [4.78, 5) is 20.1. The molecule has 1 aromatic carbocycles. The van der Waals surface area contributed by atoms with Crippen LogP contribution in [0.1, 0.15) is 12.8 Å². The highest BCUT2D eigenvalue weighted by atomic mass is 32.2. The third-order valence-corrected chi connectivity index (χ3v) is 7.40. The molecule has 2 fully saturated rings. The third kappa shape index (κ3) is 4.40. The molecule has 1 aromatic heterocycles. The molecule has 0 spiro atoms. The number of benzene rings is 1. The predicted octanol–water partition coefficient (Wildman–Crippen LogP) is 2.36. The molecule has 2 saturated heterocycles. The van der Waals surface area contributed by atoms with Gasteiger partial charge in [0.05, 0.1) is 16.4 Å². The molecule has 154 valence electrons. The summed E-state index contributed by atoms with van der Waals surface area (Å²) in [5, 5.41) is 11.5. The first kappa shape index (κ1) is 19.8. The van der Waals surface area contributed by atoms with Crippen LogP contribution in [-0.2, 0) is 9.84 Å². The number of piperidine rings is 1. The Balaban J connectivity index is 1.48. The lowest BCUT2D eigenvalue weighted by Gasteiger charge is -2.40. The molecule has 0 radical (unpaired) electrons. The van der Waals surface area contributed by atoms with E-state index in [0.29, 0.717) is 24.8 Å². The van der Waals surface area contributed by atoms with Gasteiger partial charge in [-0.15, -0.1) is 0 Å². The first-order chi connectivity index (χ1) is 13.9. The van der Waals surface area contributed by atoms with Crippen LogP contribution in [0.3, 0.4) is 0 Å². The highest BCUT2D eigenvalue weighted by molar-refractivity contribution is 7.91. The van der Waals surface area contributed by atoms with Crippen LogP contribution in [0, 0.1) is 10.1 Å². The van der Waals surface area contributed by atoms with E-state index >= 15 is 0 Å². The summed E-state index contributed by atoms with van der Waals surface area (Å²) in [5.74, 6) is 1.24. The van der Waals surface area contributed by atoms with Gasteiger partial charge in [-0.1, -0.05) is 30.3 Å². The highest BCUT2D eigenvalue weighted by Gasteiger charge is 2.30. The number of sulfone groups is 1. The minimum Gasteiger partial charge on any atom is -0.356 e. The van der Waals surface area contributed by atoms with Gasteiger partial charge in [0.15, 0.2) is 15.5 Å². The SMILES string of the molecule is O=[N+]([O-])c1ccc(N2CCC(N3CCS(=O)(=O)CC3)CC2)nc1-c1ccccc1. The molecule has 29 heavy (non-hydrogen) atoms. The van der Waals surface area contributed by atoms with Crippen molar-refractivity contribution in [2.24, 2.45) is 0 Å². The summed E-state index contributed by atoms with van der Waals surface area (Å²) in [7, 11) is -2.87. The molecule has 2 aliphatic heterocycles. The maximum absolute atomic E-state index is 11.6. The van der Waals surface area contributed by atoms with E-state index in [9.17, 15) is 18.5 Å². The number of hydrogen-bond acceptors (Lipinski definition) is 7. The fraction of sp³-hybridized carbons (Fsp3) is 0.450. The highest BCUT2D eigenvalue weighted by Crippen LogP contribution is 2.31. The zero-order valence-corrected chi connectivity index (χ0v) is 16.9. The summed E-state index contributed by atoms with van der Waals surface area (Å²) in [6, 6.07) is 12.9. The van der Waals surface area contributed by atoms with E-state index in [2.05, 4.69) is 14.8 Å². The van der Waals surface area contributed by atoms with Crippen molar-refractivity contribution in [3.63, 3.8) is 0 Å². The van der Waals surface area contributed by atoms with Crippen molar-refractivity contribution in [1.82, 2.24) is 9.88 Å². The molecule has 0 aliphatic carbocycles. The Morgan fingerprint density at radius 2 is 1.62 bits per heavy atom. The van der Waals surface area contributed by atoms with Crippen LogP contribution in [0.4, 0.5) is 11.5 Å². The van der Waals surface area contributed by atoms with Crippen LogP contribution in [-0.4, -0.2) is 67.0 Å². The number of rotatable bonds is 4. The second-order valence-corrected chi connectivity index (χ2v) is 9.87. The van der Waals surface area contributed by atoms with Gasteiger partial charge in [0.2, 0.25) is 0 Å². The molecule has 4 rings (SSSR count). The fourth-order valence-corrected chi connectivity index (χ4v) is 5.35. The zero-order chi connectivity index (χ0) is 20.4. The zero-order valence-electron chi connectivity index (χ0n) is 16.1. The number of pyridine rings is 1. The Labute approximate surface area is 170 Å². The van der Waals surface area contributed by atoms with Crippen molar-refractivity contribution in [3.05, 3.63) is 52.6 Å². The first-order valence-corrected chi connectivity index (χ1v) is 11.7. The van der Waals surface area contributed by atoms with Gasteiger partial charge in [-0.2, -0.15) is 0 Å². The van der Waals surface area contributed by atoms with Gasteiger partial charge in [0.25, 0.3) is 5.69 Å². The molecule has 8 nitrogen and oxygen atoms in total. The normalized spacial score (nSPS) is 20.5. The van der Waals surface area contributed by atoms with Crippen molar-refractivity contribution in [2.75, 3.05) is 42.6 Å². The lowest BCUT2D eigenvalue weighted by molar-refractivity contribution is -0.384. The van der Waals surface area contributed by atoms with Crippen molar-refractivity contribution >= 4 is 21.3 Å². The lowest BCUT2D eigenvalue weighted by Crippen LogP contribution is -2.50. The van der Waals surface area contributed by atoms with Crippen LogP contribution in [0.25, 0.3) is 11.3 Å². The minimum absolute atomic E-state index is 0.00404. The average Bonchev–Trinajstić information content (AvgIpc) is 2.74. The van der Waals surface area contributed by atoms with Crippen LogP contribution in [0.2, 0.25) is 0 Å². The van der Waals surface area contributed by atoms with Crippen molar-refractivity contribution in [1.29, 1.82) is 0 Å². The Morgan fingerprint density at radius 1 is 0.966 bits per heavy atom. The average molecular weight is 417 g/mol. The number of anilines is 1. The van der Waals surface area contributed by atoms with Crippen LogP contribution < -0.4 is 4.90 Å². The van der Waals surface area contributed by atoms with Gasteiger partial charge in [-0.05, 0) is 18.9 Å². The molecule has 2 aliphatic rings. The van der Waals surface area contributed by atoms with Gasteiger partial charge in [0, 0.05) is 43.9 Å². The van der Waals surface area contributed by atoms with Crippen LogP contribution in [0.5, 0.6) is 0 Å². The summed E-state index contributed by atoms with van der Waals surface area (Å²) >= 11 is 0. The topological polar surface area (TPSA) is 96.6 Å².